The molecule has 6 N–H and O–H groups in total. The lowest BCUT2D eigenvalue weighted by Crippen LogP contribution is -2.58. The van der Waals surface area contributed by atoms with Crippen LogP contribution in [-0.2, 0) is 28.8 Å². The third-order valence-electron chi connectivity index (χ3n) is 39.2. The molecule has 16 fully saturated rings. The first kappa shape index (κ1) is 79.5. The number of carboxylic acids is 2. The highest BCUT2D eigenvalue weighted by molar-refractivity contribution is 5.87. The zero-order valence-corrected chi connectivity index (χ0v) is 67.8. The van der Waals surface area contributed by atoms with Gasteiger partial charge in [-0.15, -0.1) is 0 Å². The first-order valence-electron chi connectivity index (χ1n) is 44.2. The maximum Gasteiger partial charge on any atom is 0.303 e. The van der Waals surface area contributed by atoms with Gasteiger partial charge in [0.2, 0.25) is 0 Å². The highest BCUT2D eigenvalue weighted by Crippen LogP contribution is 2.73. The van der Waals surface area contributed by atoms with Crippen molar-refractivity contribution in [1.82, 2.24) is 0 Å². The molecule has 16 saturated carbocycles. The molecule has 104 heavy (non-hydrogen) atoms. The summed E-state index contributed by atoms with van der Waals surface area (Å²) in [5, 5.41) is 61.3. The van der Waals surface area contributed by atoms with Crippen molar-refractivity contribution in [2.45, 2.75) is 352 Å². The molecule has 12 nitrogen and oxygen atoms in total. The maximum absolute atomic E-state index is 13.3. The third-order valence-corrected chi connectivity index (χ3v) is 39.2. The van der Waals surface area contributed by atoms with Gasteiger partial charge in [0, 0.05) is 63.2 Å². The third kappa shape index (κ3) is 13.3. The predicted octanol–water partition coefficient (Wildman–Crippen LogP) is 19.1. The summed E-state index contributed by atoms with van der Waals surface area (Å²) in [5.74, 6) is 12.3. The Kier molecular flexibility index (Phi) is 22.6. The second-order valence-corrected chi connectivity index (χ2v) is 43.0. The molecule has 0 aromatic carbocycles. The van der Waals surface area contributed by atoms with E-state index >= 15 is 0 Å². The van der Waals surface area contributed by atoms with Crippen LogP contribution in [0.1, 0.15) is 328 Å². The molecule has 0 aromatic rings. The molecule has 588 valence electrons. The summed E-state index contributed by atoms with van der Waals surface area (Å²) in [6.45, 7) is 33.3. The SMILES string of the molecule is CC[C@@H](C)[C@H]1CCC2[C@@H]3C(=O)C[C@@H]4CC(=O)CC[C@]4(C)C3CC[C@@]21C.CC[C@@H](C)[C@H]1CCC2[C@@H]3C(=O)C[C@@H]4CC(=O)CC[C@]4(C)C3CC[C@@]21C.C[C@H](CC(=O)O)[C@H]1CCC2[C@@H]3C(O)C[C@@H]4C[C@@H](O)CC[C@]4(C)C3CC[C@@]21C.C[C@H](CC(=O)O)[C@H]1CCC2[C@@H]3C(O)C[C@@H]4C[C@H](O)CC[C@]4(C)C3CC[C@@]21C. The van der Waals surface area contributed by atoms with E-state index in [0.717, 1.165) is 139 Å². The van der Waals surface area contributed by atoms with E-state index in [1.807, 2.05) is 0 Å². The molecule has 16 aliphatic rings. The van der Waals surface area contributed by atoms with Crippen molar-refractivity contribution in [2.24, 2.45) is 185 Å². The number of rotatable bonds is 10. The van der Waals surface area contributed by atoms with Crippen LogP contribution in [0.5, 0.6) is 0 Å². The van der Waals surface area contributed by atoms with Crippen molar-refractivity contribution in [3.05, 3.63) is 0 Å². The fourth-order valence-corrected chi connectivity index (χ4v) is 33.2. The molecule has 12 heteroatoms. The first-order valence-corrected chi connectivity index (χ1v) is 44.2. The second-order valence-electron chi connectivity index (χ2n) is 43.0. The fourth-order valence-electron chi connectivity index (χ4n) is 33.2. The van der Waals surface area contributed by atoms with Crippen LogP contribution in [-0.4, -0.2) is 90.1 Å². The molecule has 0 spiro atoms. The average molecular weight is 1450 g/mol. The van der Waals surface area contributed by atoms with Gasteiger partial charge in [0.1, 0.15) is 23.1 Å². The van der Waals surface area contributed by atoms with Gasteiger partial charge in [-0.05, 0) is 340 Å². The molecule has 16 rings (SSSR count). The van der Waals surface area contributed by atoms with Gasteiger partial charge in [-0.3, -0.25) is 28.8 Å². The quantitative estimate of drug-likeness (QED) is 0.120. The number of Topliss-reactive ketones (excluding diaryl/α,β-unsaturated/α-hetero) is 4. The fraction of sp³-hybridized carbons (Fsp3) is 0.935. The Morgan fingerprint density at radius 1 is 0.346 bits per heavy atom. The number of ketones is 4. The van der Waals surface area contributed by atoms with Crippen LogP contribution in [0.25, 0.3) is 0 Å². The van der Waals surface area contributed by atoms with Crippen molar-refractivity contribution < 1.29 is 59.4 Å². The number of aliphatic hydroxyl groups excluding tert-OH is 4. The number of aliphatic carboxylic acids is 2. The van der Waals surface area contributed by atoms with Gasteiger partial charge in [-0.2, -0.15) is 0 Å². The summed E-state index contributed by atoms with van der Waals surface area (Å²) in [7, 11) is 0. The summed E-state index contributed by atoms with van der Waals surface area (Å²) < 4.78 is 0. The van der Waals surface area contributed by atoms with Crippen LogP contribution < -0.4 is 0 Å². The summed E-state index contributed by atoms with van der Waals surface area (Å²) in [6, 6.07) is 0. The van der Waals surface area contributed by atoms with Crippen molar-refractivity contribution >= 4 is 35.1 Å². The van der Waals surface area contributed by atoms with Crippen LogP contribution in [0.4, 0.5) is 0 Å². The average Bonchev–Trinajstić information content (AvgIpc) is 1.44. The Bertz CT molecular complexity index is 2960. The molecule has 10 unspecified atom stereocenters. The van der Waals surface area contributed by atoms with Crippen LogP contribution in [0, 0.1) is 185 Å². The van der Waals surface area contributed by atoms with Crippen LogP contribution in [0.2, 0.25) is 0 Å². The second kappa shape index (κ2) is 29.5. The lowest BCUT2D eigenvalue weighted by atomic mass is 9.43. The standard InChI is InChI=1S/2C23H38O4.2C23H36O2/c2*1-13(10-20(26)27)16-4-5-17-21-18(7-9-23(16,17)3)22(2)8-6-15(24)11-14(22)12-19(21)25;2*1-5-14(2)17-6-7-18-21-19(9-11-23(17,18)4)22(3)10-8-16(24)12-15(22)13-20(21)25/h2*13-19,21,24-25H,4-12H2,1-3H3,(H,26,27);2*14-15,17-19,21H,5-13H2,1-4H3/t13-,14+,15+,16-,17?,18?,19?,21+,22+,23-;13-,14+,15-,16-,17?,18?,19?,21+,22+,23-;2*14-,15+,17-,18?,19?,21+,22+,23-/m1111/s1. The molecule has 0 aromatic heterocycles. The highest BCUT2D eigenvalue weighted by Gasteiger charge is 2.68. The van der Waals surface area contributed by atoms with Crippen molar-refractivity contribution in [2.75, 3.05) is 0 Å². The van der Waals surface area contributed by atoms with Gasteiger partial charge in [0.05, 0.1) is 24.4 Å². The smallest absolute Gasteiger partial charge is 0.303 e. The van der Waals surface area contributed by atoms with E-state index in [9.17, 15) is 59.4 Å². The minimum Gasteiger partial charge on any atom is -0.481 e. The zero-order valence-electron chi connectivity index (χ0n) is 67.8. The Hall–Kier alpha value is -2.54. The number of hydrogen-bond acceptors (Lipinski definition) is 10. The van der Waals surface area contributed by atoms with Crippen molar-refractivity contribution in [1.29, 1.82) is 0 Å². The lowest BCUT2D eigenvalue weighted by Gasteiger charge is -2.62. The van der Waals surface area contributed by atoms with Gasteiger partial charge in [-0.25, -0.2) is 0 Å². The molecular formula is C92H148O12. The van der Waals surface area contributed by atoms with Gasteiger partial charge >= 0.3 is 11.9 Å². The Morgan fingerprint density at radius 3 is 0.962 bits per heavy atom. The molecule has 0 amide bonds. The van der Waals surface area contributed by atoms with Gasteiger partial charge in [0.25, 0.3) is 0 Å². The summed E-state index contributed by atoms with van der Waals surface area (Å²) in [4.78, 5) is 73.1. The lowest BCUT2D eigenvalue weighted by molar-refractivity contribution is -0.174. The molecule has 0 aliphatic heterocycles. The van der Waals surface area contributed by atoms with Crippen LogP contribution in [0.15, 0.2) is 0 Å². The summed E-state index contributed by atoms with van der Waals surface area (Å²) >= 11 is 0. The molecule has 36 atom stereocenters. The van der Waals surface area contributed by atoms with Crippen LogP contribution >= 0.6 is 0 Å². The number of fused-ring (bicyclic) bond motifs is 20. The van der Waals surface area contributed by atoms with E-state index in [0.29, 0.717) is 166 Å². The molecule has 0 bridgehead atoms. The van der Waals surface area contributed by atoms with Gasteiger partial charge in [0.15, 0.2) is 0 Å². The van der Waals surface area contributed by atoms with Gasteiger partial charge in [-0.1, -0.05) is 110 Å². The molecule has 0 radical (unpaired) electrons. The predicted molar refractivity (Wildman–Crippen MR) is 408 cm³/mol. The molecule has 0 heterocycles. The van der Waals surface area contributed by atoms with Crippen LogP contribution in [0.3, 0.4) is 0 Å². The van der Waals surface area contributed by atoms with E-state index in [4.69, 9.17) is 0 Å². The minimum absolute atomic E-state index is 0.175. The first-order chi connectivity index (χ1) is 48.9. The number of carboxylic acid groups (broad SMARTS) is 2. The molecular weight excluding hydrogens is 1300 g/mol. The van der Waals surface area contributed by atoms with E-state index in [1.165, 1.54) is 77.0 Å². The zero-order chi connectivity index (χ0) is 75.1. The molecule has 0 saturated heterocycles. The maximum atomic E-state index is 13.3. The normalized spacial score (nSPS) is 52.0. The van der Waals surface area contributed by atoms with E-state index in [2.05, 4.69) is 96.9 Å². The van der Waals surface area contributed by atoms with Crippen molar-refractivity contribution in [3.8, 4) is 0 Å². The summed E-state index contributed by atoms with van der Waals surface area (Å²) in [6.07, 6.45) is 35.3. The number of carbonyl (C=O) groups is 6. The number of hydrogen-bond donors (Lipinski definition) is 6. The Morgan fingerprint density at radius 2 is 0.625 bits per heavy atom. The number of carbonyl (C=O) groups excluding carboxylic acids is 4. The van der Waals surface area contributed by atoms with Gasteiger partial charge < -0.3 is 30.6 Å². The van der Waals surface area contributed by atoms with Crippen molar-refractivity contribution in [3.63, 3.8) is 0 Å². The topological polar surface area (TPSA) is 224 Å². The Balaban J connectivity index is 0.000000123. The van der Waals surface area contributed by atoms with E-state index in [1.54, 1.807) is 0 Å². The summed E-state index contributed by atoms with van der Waals surface area (Å²) in [5.41, 5.74) is 2.09. The molecule has 16 aliphatic carbocycles. The largest absolute Gasteiger partial charge is 0.481 e. The number of aliphatic hydroxyl groups is 4. The highest BCUT2D eigenvalue weighted by atomic mass is 16.4. The van der Waals surface area contributed by atoms with E-state index < -0.39 is 11.9 Å². The Labute approximate surface area is 629 Å². The minimum atomic E-state index is -0.683. The monoisotopic (exact) mass is 1450 g/mol. The van der Waals surface area contributed by atoms with E-state index in [-0.39, 0.29) is 81.6 Å².